The molecule has 122 valence electrons. The molecular formula is C15H21ClN2O2S2. The number of sulfone groups is 1. The maximum absolute atomic E-state index is 11.7. The van der Waals surface area contributed by atoms with Crippen molar-refractivity contribution in [1.82, 2.24) is 4.90 Å². The van der Waals surface area contributed by atoms with E-state index in [1.807, 2.05) is 17.0 Å². The molecule has 2 rings (SSSR count). The van der Waals surface area contributed by atoms with Crippen LogP contribution in [0.4, 0.5) is 5.69 Å². The smallest absolute Gasteiger partial charge is 0.173 e. The molecule has 0 spiro atoms. The van der Waals surface area contributed by atoms with Crippen molar-refractivity contribution in [2.45, 2.75) is 26.3 Å². The van der Waals surface area contributed by atoms with Crippen LogP contribution in [0.2, 0.25) is 5.02 Å². The van der Waals surface area contributed by atoms with Crippen LogP contribution in [0.15, 0.2) is 24.3 Å². The first-order valence-electron chi connectivity index (χ1n) is 7.30. The SMILES string of the molecule is CC(C)CN(C(=S)Nc1ccc(Cl)cc1)[C@H]1CCS(=O)(=O)C1. The van der Waals surface area contributed by atoms with E-state index >= 15 is 0 Å². The Labute approximate surface area is 142 Å². The van der Waals surface area contributed by atoms with Gasteiger partial charge in [0.25, 0.3) is 0 Å². The number of nitrogens with one attached hydrogen (secondary N) is 1. The molecule has 0 radical (unpaired) electrons. The number of nitrogens with zero attached hydrogens (tertiary/aromatic N) is 1. The van der Waals surface area contributed by atoms with Gasteiger partial charge in [0, 0.05) is 23.3 Å². The fourth-order valence-corrected chi connectivity index (χ4v) is 4.74. The number of benzene rings is 1. The van der Waals surface area contributed by atoms with Crippen LogP contribution in [0, 0.1) is 5.92 Å². The van der Waals surface area contributed by atoms with Crippen LogP contribution < -0.4 is 5.32 Å². The zero-order valence-electron chi connectivity index (χ0n) is 12.8. The van der Waals surface area contributed by atoms with E-state index in [1.54, 1.807) is 12.1 Å². The summed E-state index contributed by atoms with van der Waals surface area (Å²) in [5.41, 5.74) is 0.851. The molecule has 1 aliphatic heterocycles. The Bertz CT molecular complexity index is 629. The van der Waals surface area contributed by atoms with Crippen LogP contribution in [0.3, 0.4) is 0 Å². The Hall–Kier alpha value is -0.850. The average molecular weight is 361 g/mol. The molecule has 0 aliphatic carbocycles. The second kappa shape index (κ2) is 7.15. The second-order valence-electron chi connectivity index (χ2n) is 6.04. The van der Waals surface area contributed by atoms with Crippen molar-refractivity contribution in [1.29, 1.82) is 0 Å². The lowest BCUT2D eigenvalue weighted by atomic mass is 10.1. The third kappa shape index (κ3) is 4.83. The van der Waals surface area contributed by atoms with Gasteiger partial charge < -0.3 is 10.2 Å². The highest BCUT2D eigenvalue weighted by Gasteiger charge is 2.33. The van der Waals surface area contributed by atoms with Gasteiger partial charge in [-0.05, 0) is 48.8 Å². The van der Waals surface area contributed by atoms with Gasteiger partial charge in [-0.3, -0.25) is 0 Å². The lowest BCUT2D eigenvalue weighted by Gasteiger charge is -2.32. The molecule has 1 atom stereocenters. The van der Waals surface area contributed by atoms with Crippen LogP contribution in [0.25, 0.3) is 0 Å². The normalized spacial score (nSPS) is 20.1. The van der Waals surface area contributed by atoms with Crippen molar-refractivity contribution in [3.63, 3.8) is 0 Å². The molecule has 4 nitrogen and oxygen atoms in total. The molecule has 1 saturated heterocycles. The maximum Gasteiger partial charge on any atom is 0.173 e. The summed E-state index contributed by atoms with van der Waals surface area (Å²) in [6.07, 6.45) is 0.636. The summed E-state index contributed by atoms with van der Waals surface area (Å²) in [7, 11) is -2.93. The van der Waals surface area contributed by atoms with E-state index in [1.165, 1.54) is 0 Å². The molecule has 7 heteroatoms. The van der Waals surface area contributed by atoms with Gasteiger partial charge in [-0.15, -0.1) is 0 Å². The van der Waals surface area contributed by atoms with Gasteiger partial charge in [-0.1, -0.05) is 25.4 Å². The second-order valence-corrected chi connectivity index (χ2v) is 9.09. The van der Waals surface area contributed by atoms with Crippen LogP contribution >= 0.6 is 23.8 Å². The summed E-state index contributed by atoms with van der Waals surface area (Å²) in [4.78, 5) is 2.01. The van der Waals surface area contributed by atoms with E-state index in [9.17, 15) is 8.42 Å². The average Bonchev–Trinajstić information content (AvgIpc) is 2.78. The molecule has 0 bridgehead atoms. The topological polar surface area (TPSA) is 49.4 Å². The Morgan fingerprint density at radius 3 is 2.55 bits per heavy atom. The van der Waals surface area contributed by atoms with Crippen LogP contribution in [0.5, 0.6) is 0 Å². The van der Waals surface area contributed by atoms with E-state index in [4.69, 9.17) is 23.8 Å². The van der Waals surface area contributed by atoms with Gasteiger partial charge in [0.2, 0.25) is 0 Å². The minimum Gasteiger partial charge on any atom is -0.345 e. The van der Waals surface area contributed by atoms with Crippen LogP contribution in [-0.4, -0.2) is 42.5 Å². The van der Waals surface area contributed by atoms with Crippen molar-refractivity contribution < 1.29 is 8.42 Å². The van der Waals surface area contributed by atoms with Gasteiger partial charge in [0.05, 0.1) is 11.5 Å². The monoisotopic (exact) mass is 360 g/mol. The van der Waals surface area contributed by atoms with Crippen molar-refractivity contribution in [2.24, 2.45) is 5.92 Å². The third-order valence-electron chi connectivity index (χ3n) is 3.57. The van der Waals surface area contributed by atoms with Gasteiger partial charge in [-0.25, -0.2) is 8.42 Å². The first kappa shape index (κ1) is 17.5. The highest BCUT2D eigenvalue weighted by molar-refractivity contribution is 7.91. The third-order valence-corrected chi connectivity index (χ3v) is 5.91. The van der Waals surface area contributed by atoms with E-state index in [2.05, 4.69) is 19.2 Å². The lowest BCUT2D eigenvalue weighted by Crippen LogP contribution is -2.45. The quantitative estimate of drug-likeness (QED) is 0.836. The van der Waals surface area contributed by atoms with Crippen molar-refractivity contribution in [3.05, 3.63) is 29.3 Å². The lowest BCUT2D eigenvalue weighted by molar-refractivity contribution is 0.303. The zero-order valence-corrected chi connectivity index (χ0v) is 15.1. The summed E-state index contributed by atoms with van der Waals surface area (Å²) < 4.78 is 23.5. The fraction of sp³-hybridized carbons (Fsp3) is 0.533. The first-order valence-corrected chi connectivity index (χ1v) is 9.91. The maximum atomic E-state index is 11.7. The molecule has 1 heterocycles. The molecule has 0 amide bonds. The highest BCUT2D eigenvalue weighted by Crippen LogP contribution is 2.21. The fourth-order valence-electron chi connectivity index (χ4n) is 2.54. The van der Waals surface area contributed by atoms with Gasteiger partial charge in [0.1, 0.15) is 0 Å². The molecule has 1 fully saturated rings. The Balaban J connectivity index is 2.11. The Kier molecular flexibility index (Phi) is 5.69. The number of hydrogen-bond donors (Lipinski definition) is 1. The van der Waals surface area contributed by atoms with Crippen molar-refractivity contribution >= 4 is 44.5 Å². The minimum absolute atomic E-state index is 0.0419. The van der Waals surface area contributed by atoms with Gasteiger partial charge >= 0.3 is 0 Å². The summed E-state index contributed by atoms with van der Waals surface area (Å²) in [5.74, 6) is 0.825. The van der Waals surface area contributed by atoms with E-state index in [0.29, 0.717) is 22.5 Å². The summed E-state index contributed by atoms with van der Waals surface area (Å²) >= 11 is 11.4. The predicted molar refractivity (Wildman–Crippen MR) is 96.3 cm³/mol. The van der Waals surface area contributed by atoms with Crippen molar-refractivity contribution in [3.8, 4) is 0 Å². The standard InChI is InChI=1S/C15H21ClN2O2S2/c1-11(2)9-18(14-7-8-22(19,20)10-14)15(21)17-13-5-3-12(16)4-6-13/h3-6,11,14H,7-10H2,1-2H3,(H,17,21)/t14-/m0/s1. The zero-order chi connectivity index (χ0) is 16.3. The van der Waals surface area contributed by atoms with Crippen LogP contribution in [0.1, 0.15) is 20.3 Å². The molecule has 22 heavy (non-hydrogen) atoms. The Morgan fingerprint density at radius 1 is 1.41 bits per heavy atom. The van der Waals surface area contributed by atoms with E-state index < -0.39 is 9.84 Å². The molecule has 1 N–H and O–H groups in total. The minimum atomic E-state index is -2.93. The Morgan fingerprint density at radius 2 is 2.05 bits per heavy atom. The van der Waals surface area contributed by atoms with Crippen LogP contribution in [-0.2, 0) is 9.84 Å². The van der Waals surface area contributed by atoms with E-state index in [-0.39, 0.29) is 17.5 Å². The number of rotatable bonds is 4. The summed E-state index contributed by atoms with van der Waals surface area (Å²) in [6, 6.07) is 7.25. The molecule has 0 saturated carbocycles. The number of thiocarbonyl (C=S) groups is 1. The number of hydrogen-bond acceptors (Lipinski definition) is 3. The van der Waals surface area contributed by atoms with E-state index in [0.717, 1.165) is 12.2 Å². The first-order chi connectivity index (χ1) is 10.3. The molecule has 0 unspecified atom stereocenters. The summed E-state index contributed by atoms with van der Waals surface area (Å²) in [5, 5.41) is 4.41. The van der Waals surface area contributed by atoms with Gasteiger partial charge in [0.15, 0.2) is 14.9 Å². The predicted octanol–water partition coefficient (Wildman–Crippen LogP) is 3.18. The number of halogens is 1. The molecule has 1 aromatic rings. The molecule has 1 aliphatic rings. The molecular weight excluding hydrogens is 340 g/mol. The summed E-state index contributed by atoms with van der Waals surface area (Å²) in [6.45, 7) is 4.93. The molecule has 1 aromatic carbocycles. The molecule has 0 aromatic heterocycles. The highest BCUT2D eigenvalue weighted by atomic mass is 35.5. The van der Waals surface area contributed by atoms with Crippen molar-refractivity contribution in [2.75, 3.05) is 23.4 Å². The van der Waals surface area contributed by atoms with Gasteiger partial charge in [-0.2, -0.15) is 0 Å². The largest absolute Gasteiger partial charge is 0.345 e. The number of anilines is 1.